The van der Waals surface area contributed by atoms with Gasteiger partial charge in [-0.3, -0.25) is 14.0 Å². The quantitative estimate of drug-likeness (QED) is 0.711. The van der Waals surface area contributed by atoms with Gasteiger partial charge in [0, 0.05) is 0 Å². The summed E-state index contributed by atoms with van der Waals surface area (Å²) in [5, 5.41) is 9.54. The summed E-state index contributed by atoms with van der Waals surface area (Å²) in [5.41, 5.74) is 7.35. The number of hydrogen-bond donors (Lipinski definition) is 2. The molecule has 3 aromatic rings. The van der Waals surface area contributed by atoms with Crippen molar-refractivity contribution in [3.8, 4) is 0 Å². The number of nitrogen functional groups attached to an aromatic ring is 1. The number of nitrogens with zero attached hydrogens (tertiary/aromatic N) is 2. The standard InChI is InChI=1S/C17H11N3O3S/c18-15-10(7-9-5-6-12(21)13(22)8-9)16(23)19-17-20(15)11-3-1-2-4-14(11)24-17/h1-8,22H,18H2/b9-7+. The molecule has 0 spiro atoms. The van der Waals surface area contributed by atoms with Crippen LogP contribution in [0.5, 0.6) is 0 Å². The Morgan fingerprint density at radius 2 is 2.00 bits per heavy atom. The van der Waals surface area contributed by atoms with Gasteiger partial charge in [-0.2, -0.15) is 4.98 Å². The molecule has 0 fully saturated rings. The van der Waals surface area contributed by atoms with Crippen LogP contribution in [0.25, 0.3) is 21.3 Å². The van der Waals surface area contributed by atoms with Gasteiger partial charge in [0.05, 0.1) is 15.8 Å². The van der Waals surface area contributed by atoms with Gasteiger partial charge < -0.3 is 10.8 Å². The van der Waals surface area contributed by atoms with Crippen molar-refractivity contribution in [2.45, 2.75) is 0 Å². The maximum atomic E-state index is 12.3. The SMILES string of the molecule is Nc1c(/C=C2\C=CC(=O)C(O)=C2)c(=O)nc2sc3ccccc3n12. The van der Waals surface area contributed by atoms with Gasteiger partial charge in [-0.1, -0.05) is 29.5 Å². The maximum absolute atomic E-state index is 12.3. The Hall–Kier alpha value is -3.19. The zero-order valence-corrected chi connectivity index (χ0v) is 13.1. The highest BCUT2D eigenvalue weighted by atomic mass is 32.1. The van der Waals surface area contributed by atoms with Crippen LogP contribution in [-0.2, 0) is 4.79 Å². The van der Waals surface area contributed by atoms with Crippen LogP contribution < -0.4 is 11.3 Å². The maximum Gasteiger partial charge on any atom is 0.283 e. The first-order valence-electron chi connectivity index (χ1n) is 7.09. The lowest BCUT2D eigenvalue weighted by molar-refractivity contribution is -0.113. The third-order valence-corrected chi connectivity index (χ3v) is 4.76. The van der Waals surface area contributed by atoms with E-state index in [-0.39, 0.29) is 17.1 Å². The van der Waals surface area contributed by atoms with Crippen LogP contribution in [0.4, 0.5) is 5.82 Å². The van der Waals surface area contributed by atoms with E-state index in [1.54, 1.807) is 4.40 Å². The average Bonchev–Trinajstić information content (AvgIpc) is 2.92. The molecule has 4 rings (SSSR count). The average molecular weight is 337 g/mol. The van der Waals surface area contributed by atoms with E-state index in [1.165, 1.54) is 35.6 Å². The van der Waals surface area contributed by atoms with Gasteiger partial charge in [0.1, 0.15) is 5.82 Å². The Bertz CT molecular complexity index is 1160. The first kappa shape index (κ1) is 14.4. The topological polar surface area (TPSA) is 97.7 Å². The fourth-order valence-electron chi connectivity index (χ4n) is 2.58. The number of nitrogens with two attached hydrogens (primary N) is 1. The van der Waals surface area contributed by atoms with E-state index >= 15 is 0 Å². The van der Waals surface area contributed by atoms with E-state index in [1.807, 2.05) is 24.3 Å². The fraction of sp³-hybridized carbons (Fsp3) is 0. The first-order chi connectivity index (χ1) is 11.5. The van der Waals surface area contributed by atoms with Crippen molar-refractivity contribution in [1.82, 2.24) is 9.38 Å². The summed E-state index contributed by atoms with van der Waals surface area (Å²) in [7, 11) is 0. The van der Waals surface area contributed by atoms with Gasteiger partial charge in [-0.05, 0) is 35.9 Å². The molecule has 2 heterocycles. The summed E-state index contributed by atoms with van der Waals surface area (Å²) in [5.74, 6) is -0.583. The molecule has 0 bridgehead atoms. The lowest BCUT2D eigenvalue weighted by Crippen LogP contribution is -2.16. The molecular formula is C17H11N3O3S. The Morgan fingerprint density at radius 1 is 1.21 bits per heavy atom. The van der Waals surface area contributed by atoms with E-state index in [0.717, 1.165) is 10.2 Å². The smallest absolute Gasteiger partial charge is 0.283 e. The van der Waals surface area contributed by atoms with Crippen LogP contribution >= 0.6 is 11.3 Å². The number of aliphatic hydroxyl groups excluding tert-OH is 1. The van der Waals surface area contributed by atoms with Crippen molar-refractivity contribution < 1.29 is 9.90 Å². The summed E-state index contributed by atoms with van der Waals surface area (Å²) in [6, 6.07) is 7.64. The Balaban J connectivity index is 2.00. The number of thiazole rings is 1. The number of aromatic nitrogens is 2. The number of carbonyl (C=O) groups excluding carboxylic acids is 1. The van der Waals surface area contributed by atoms with Gasteiger partial charge in [0.25, 0.3) is 5.56 Å². The van der Waals surface area contributed by atoms with Crippen molar-refractivity contribution in [3.63, 3.8) is 0 Å². The largest absolute Gasteiger partial charge is 0.504 e. The predicted molar refractivity (Wildman–Crippen MR) is 94.1 cm³/mol. The van der Waals surface area contributed by atoms with Gasteiger partial charge in [0.2, 0.25) is 5.78 Å². The molecule has 1 aliphatic rings. The minimum Gasteiger partial charge on any atom is -0.504 e. The molecule has 0 radical (unpaired) electrons. The summed E-state index contributed by atoms with van der Waals surface area (Å²) < 4.78 is 2.70. The van der Waals surface area contributed by atoms with Crippen LogP contribution in [0, 0.1) is 0 Å². The number of aliphatic hydroxyl groups is 1. The summed E-state index contributed by atoms with van der Waals surface area (Å²) in [6.45, 7) is 0. The molecule has 2 aromatic heterocycles. The van der Waals surface area contributed by atoms with Crippen molar-refractivity contribution >= 4 is 44.2 Å². The first-order valence-corrected chi connectivity index (χ1v) is 7.91. The monoisotopic (exact) mass is 337 g/mol. The number of rotatable bonds is 1. The molecule has 0 saturated carbocycles. The predicted octanol–water partition coefficient (Wildman–Crippen LogP) is 2.46. The van der Waals surface area contributed by atoms with Crippen LogP contribution in [0.3, 0.4) is 0 Å². The zero-order chi connectivity index (χ0) is 16.8. The number of carbonyl (C=O) groups is 1. The van der Waals surface area contributed by atoms with Crippen LogP contribution in [-0.4, -0.2) is 20.3 Å². The Morgan fingerprint density at radius 3 is 2.79 bits per heavy atom. The number of anilines is 1. The number of hydrogen-bond acceptors (Lipinski definition) is 6. The third kappa shape index (κ3) is 2.14. The number of fused-ring (bicyclic) bond motifs is 3. The lowest BCUT2D eigenvalue weighted by Gasteiger charge is -2.07. The van der Waals surface area contributed by atoms with E-state index in [2.05, 4.69) is 4.98 Å². The Kier molecular flexibility index (Phi) is 3.10. The molecule has 1 aliphatic carbocycles. The number of ketones is 1. The van der Waals surface area contributed by atoms with Gasteiger partial charge >= 0.3 is 0 Å². The summed E-state index contributed by atoms with van der Waals surface area (Å²) in [4.78, 5) is 28.2. The minimum absolute atomic E-state index is 0.217. The molecule has 3 N–H and O–H groups in total. The molecule has 0 aliphatic heterocycles. The molecule has 0 unspecified atom stereocenters. The highest BCUT2D eigenvalue weighted by molar-refractivity contribution is 7.23. The van der Waals surface area contributed by atoms with Crippen molar-refractivity contribution in [2.24, 2.45) is 0 Å². The highest BCUT2D eigenvalue weighted by Gasteiger charge is 2.15. The number of para-hydroxylation sites is 1. The normalized spacial score (nSPS) is 16.2. The highest BCUT2D eigenvalue weighted by Crippen LogP contribution is 2.28. The van der Waals surface area contributed by atoms with Gasteiger partial charge in [0.15, 0.2) is 10.7 Å². The lowest BCUT2D eigenvalue weighted by atomic mass is 10.1. The van der Waals surface area contributed by atoms with Gasteiger partial charge in [-0.25, -0.2) is 0 Å². The van der Waals surface area contributed by atoms with Crippen LogP contribution in [0.15, 0.2) is 58.6 Å². The second kappa shape index (κ2) is 5.17. The molecule has 118 valence electrons. The van der Waals surface area contributed by atoms with Crippen LogP contribution in [0.2, 0.25) is 0 Å². The van der Waals surface area contributed by atoms with E-state index in [9.17, 15) is 14.7 Å². The fourth-order valence-corrected chi connectivity index (χ4v) is 3.61. The summed E-state index contributed by atoms with van der Waals surface area (Å²) in [6.07, 6.45) is 5.56. The minimum atomic E-state index is -0.478. The van der Waals surface area contributed by atoms with E-state index < -0.39 is 11.3 Å². The molecule has 24 heavy (non-hydrogen) atoms. The number of benzene rings is 1. The molecule has 6 nitrogen and oxygen atoms in total. The zero-order valence-electron chi connectivity index (χ0n) is 12.3. The van der Waals surface area contributed by atoms with Crippen molar-refractivity contribution in [1.29, 1.82) is 0 Å². The van der Waals surface area contributed by atoms with Crippen molar-refractivity contribution in [3.05, 3.63) is 69.7 Å². The van der Waals surface area contributed by atoms with Gasteiger partial charge in [-0.15, -0.1) is 0 Å². The Labute approximate surface area is 139 Å². The molecule has 0 amide bonds. The second-order valence-corrected chi connectivity index (χ2v) is 6.28. The third-order valence-electron chi connectivity index (χ3n) is 3.74. The van der Waals surface area contributed by atoms with E-state index in [0.29, 0.717) is 10.5 Å². The number of allylic oxidation sites excluding steroid dienone is 4. The molecule has 0 atom stereocenters. The second-order valence-electron chi connectivity index (χ2n) is 5.28. The van der Waals surface area contributed by atoms with Crippen LogP contribution in [0.1, 0.15) is 5.56 Å². The molecule has 0 saturated heterocycles. The molecule has 1 aromatic carbocycles. The summed E-state index contributed by atoms with van der Waals surface area (Å²) >= 11 is 1.39. The molecular weight excluding hydrogens is 326 g/mol. The molecule has 7 heteroatoms. The van der Waals surface area contributed by atoms with E-state index in [4.69, 9.17) is 5.73 Å². The van der Waals surface area contributed by atoms with Crippen molar-refractivity contribution in [2.75, 3.05) is 5.73 Å².